The molecule has 1 aromatic rings. The second-order valence-electron chi connectivity index (χ2n) is 6.57. The van der Waals surface area contributed by atoms with Crippen LogP contribution in [0.1, 0.15) is 57.4 Å². The molecule has 0 aliphatic carbocycles. The molecular weight excluding hydrogens is 328 g/mol. The summed E-state index contributed by atoms with van der Waals surface area (Å²) in [7, 11) is 0. The fourth-order valence-corrected chi connectivity index (χ4v) is 2.65. The highest BCUT2D eigenvalue weighted by Gasteiger charge is 2.17. The minimum atomic E-state index is -0.954. The highest BCUT2D eigenvalue weighted by molar-refractivity contribution is 5.74. The van der Waals surface area contributed by atoms with E-state index in [0.717, 1.165) is 18.4 Å². The van der Waals surface area contributed by atoms with Crippen LogP contribution >= 0.6 is 0 Å². The van der Waals surface area contributed by atoms with Crippen LogP contribution in [0.15, 0.2) is 36.4 Å². The Balaban J connectivity index is 2.22. The smallest absolute Gasteiger partial charge is 0.315 e. The number of hydrogen-bond donors (Lipinski definition) is 4. The molecule has 0 bridgehead atoms. The standard InChI is InChI=1S/C21H34N2O3/c1-2-3-4-5-6-7-11-16-22-21(26)23-19(17-24)20(25)15-14-18-12-9-8-10-13-18/h8-10,12-15,19-20,24-25H,2-7,11,16-17H2,1H3,(H2,22,23,26). The molecule has 0 saturated heterocycles. The number of carbonyl (C=O) groups is 1. The number of aliphatic hydroxyl groups is 2. The Hall–Kier alpha value is -1.85. The minimum absolute atomic E-state index is 0.328. The van der Waals surface area contributed by atoms with E-state index >= 15 is 0 Å². The number of aliphatic hydroxyl groups excluding tert-OH is 2. The van der Waals surface area contributed by atoms with Gasteiger partial charge in [-0.05, 0) is 12.0 Å². The van der Waals surface area contributed by atoms with Crippen LogP contribution in [0.25, 0.3) is 6.08 Å². The Morgan fingerprint density at radius 3 is 2.38 bits per heavy atom. The highest BCUT2D eigenvalue weighted by atomic mass is 16.3. The Bertz CT molecular complexity index is 505. The number of hydrogen-bond acceptors (Lipinski definition) is 3. The SMILES string of the molecule is CCCCCCCCCNC(=O)NC(CO)C(O)C=Cc1ccccc1. The number of carbonyl (C=O) groups excluding carboxylic acids is 1. The lowest BCUT2D eigenvalue weighted by Gasteiger charge is -2.20. The molecule has 0 aliphatic rings. The molecule has 5 nitrogen and oxygen atoms in total. The van der Waals surface area contributed by atoms with Gasteiger partial charge in [0.1, 0.15) is 0 Å². The van der Waals surface area contributed by atoms with Crippen molar-refractivity contribution in [3.05, 3.63) is 42.0 Å². The van der Waals surface area contributed by atoms with E-state index in [1.807, 2.05) is 30.3 Å². The summed E-state index contributed by atoms with van der Waals surface area (Å²) in [5.74, 6) is 0. The molecule has 0 aliphatic heterocycles. The van der Waals surface area contributed by atoms with E-state index in [9.17, 15) is 15.0 Å². The van der Waals surface area contributed by atoms with Crippen molar-refractivity contribution in [2.75, 3.05) is 13.2 Å². The maximum Gasteiger partial charge on any atom is 0.315 e. The van der Waals surface area contributed by atoms with Gasteiger partial charge in [0.25, 0.3) is 0 Å². The van der Waals surface area contributed by atoms with Crippen LogP contribution in [-0.4, -0.2) is 41.5 Å². The molecule has 1 rings (SSSR count). The molecule has 5 heteroatoms. The lowest BCUT2D eigenvalue weighted by atomic mass is 10.1. The second kappa shape index (κ2) is 14.3. The molecule has 4 N–H and O–H groups in total. The van der Waals surface area contributed by atoms with Gasteiger partial charge in [0.15, 0.2) is 0 Å². The Kier molecular flexibility index (Phi) is 12.2. The molecule has 26 heavy (non-hydrogen) atoms. The Morgan fingerprint density at radius 1 is 1.08 bits per heavy atom. The molecule has 0 heterocycles. The zero-order valence-electron chi connectivity index (χ0n) is 15.9. The third kappa shape index (κ3) is 10.2. The van der Waals surface area contributed by atoms with Gasteiger partial charge in [-0.15, -0.1) is 0 Å². The van der Waals surface area contributed by atoms with E-state index in [1.165, 1.54) is 32.1 Å². The molecule has 2 unspecified atom stereocenters. The van der Waals surface area contributed by atoms with Gasteiger partial charge in [-0.2, -0.15) is 0 Å². The summed E-state index contributed by atoms with van der Waals surface area (Å²) in [6.45, 7) is 2.48. The zero-order chi connectivity index (χ0) is 19.0. The van der Waals surface area contributed by atoms with Crippen molar-refractivity contribution in [3.8, 4) is 0 Å². The summed E-state index contributed by atoms with van der Waals surface area (Å²) in [4.78, 5) is 11.9. The van der Waals surface area contributed by atoms with Crippen molar-refractivity contribution >= 4 is 12.1 Å². The van der Waals surface area contributed by atoms with Crippen molar-refractivity contribution in [1.82, 2.24) is 10.6 Å². The average Bonchev–Trinajstić information content (AvgIpc) is 2.67. The van der Waals surface area contributed by atoms with E-state index in [1.54, 1.807) is 12.2 Å². The quantitative estimate of drug-likeness (QED) is 0.406. The normalized spacial score (nSPS) is 13.5. The summed E-state index contributed by atoms with van der Waals surface area (Å²) in [5.41, 5.74) is 0.951. The monoisotopic (exact) mass is 362 g/mol. The Labute approximate surface area is 157 Å². The first-order chi connectivity index (χ1) is 12.7. The molecule has 0 saturated carbocycles. The van der Waals surface area contributed by atoms with Crippen LogP contribution in [-0.2, 0) is 0 Å². The van der Waals surface area contributed by atoms with Gasteiger partial charge in [0.05, 0.1) is 18.8 Å². The first-order valence-electron chi connectivity index (χ1n) is 9.74. The molecule has 0 fully saturated rings. The van der Waals surface area contributed by atoms with Crippen LogP contribution in [0.4, 0.5) is 4.79 Å². The average molecular weight is 363 g/mol. The third-order valence-corrected chi connectivity index (χ3v) is 4.28. The third-order valence-electron chi connectivity index (χ3n) is 4.28. The number of urea groups is 1. The van der Waals surface area contributed by atoms with E-state index in [-0.39, 0.29) is 12.6 Å². The van der Waals surface area contributed by atoms with Gasteiger partial charge < -0.3 is 20.8 Å². The minimum Gasteiger partial charge on any atom is -0.394 e. The van der Waals surface area contributed by atoms with Gasteiger partial charge >= 0.3 is 6.03 Å². The molecule has 0 aromatic heterocycles. The number of nitrogens with one attached hydrogen (secondary N) is 2. The fourth-order valence-electron chi connectivity index (χ4n) is 2.65. The highest BCUT2D eigenvalue weighted by Crippen LogP contribution is 2.06. The maximum atomic E-state index is 11.9. The Morgan fingerprint density at radius 2 is 1.73 bits per heavy atom. The largest absolute Gasteiger partial charge is 0.394 e. The number of rotatable bonds is 13. The van der Waals surface area contributed by atoms with E-state index in [0.29, 0.717) is 6.54 Å². The molecule has 0 spiro atoms. The fraction of sp³-hybridized carbons (Fsp3) is 0.571. The molecule has 0 radical (unpaired) electrons. The molecule has 2 amide bonds. The van der Waals surface area contributed by atoms with Crippen LogP contribution in [0.5, 0.6) is 0 Å². The maximum absolute atomic E-state index is 11.9. The van der Waals surface area contributed by atoms with Gasteiger partial charge in [-0.1, -0.05) is 87.9 Å². The number of benzene rings is 1. The predicted octanol–water partition coefficient (Wildman–Crippen LogP) is 3.47. The summed E-state index contributed by atoms with van der Waals surface area (Å²) in [6.07, 6.45) is 10.7. The van der Waals surface area contributed by atoms with E-state index < -0.39 is 12.1 Å². The summed E-state index contributed by atoms with van der Waals surface area (Å²) in [6, 6.07) is 8.47. The van der Waals surface area contributed by atoms with Crippen LogP contribution in [0, 0.1) is 0 Å². The lowest BCUT2D eigenvalue weighted by molar-refractivity contribution is 0.126. The first-order valence-corrected chi connectivity index (χ1v) is 9.74. The van der Waals surface area contributed by atoms with Gasteiger partial charge in [-0.3, -0.25) is 0 Å². The predicted molar refractivity (Wildman–Crippen MR) is 107 cm³/mol. The van der Waals surface area contributed by atoms with Crippen molar-refractivity contribution in [2.24, 2.45) is 0 Å². The lowest BCUT2D eigenvalue weighted by Crippen LogP contribution is -2.49. The second-order valence-corrected chi connectivity index (χ2v) is 6.57. The van der Waals surface area contributed by atoms with E-state index in [2.05, 4.69) is 17.6 Å². The van der Waals surface area contributed by atoms with Gasteiger partial charge in [0.2, 0.25) is 0 Å². The van der Waals surface area contributed by atoms with Crippen LogP contribution in [0.3, 0.4) is 0 Å². The zero-order valence-corrected chi connectivity index (χ0v) is 15.9. The molecular formula is C21H34N2O3. The summed E-state index contributed by atoms with van der Waals surface area (Å²) < 4.78 is 0. The summed E-state index contributed by atoms with van der Waals surface area (Å²) in [5, 5.41) is 25.0. The molecule has 146 valence electrons. The summed E-state index contributed by atoms with van der Waals surface area (Å²) >= 11 is 0. The van der Waals surface area contributed by atoms with Crippen molar-refractivity contribution in [1.29, 1.82) is 0 Å². The van der Waals surface area contributed by atoms with Crippen LogP contribution in [0.2, 0.25) is 0 Å². The van der Waals surface area contributed by atoms with Crippen molar-refractivity contribution < 1.29 is 15.0 Å². The topological polar surface area (TPSA) is 81.6 Å². The van der Waals surface area contributed by atoms with Gasteiger partial charge in [-0.25, -0.2) is 4.79 Å². The van der Waals surface area contributed by atoms with Gasteiger partial charge in [0, 0.05) is 6.54 Å². The number of unbranched alkanes of at least 4 members (excludes halogenated alkanes) is 6. The molecule has 1 aromatic carbocycles. The first kappa shape index (κ1) is 22.2. The van der Waals surface area contributed by atoms with Crippen molar-refractivity contribution in [2.45, 2.75) is 64.0 Å². The van der Waals surface area contributed by atoms with Crippen LogP contribution < -0.4 is 10.6 Å². The number of amides is 2. The molecule has 2 atom stereocenters. The van der Waals surface area contributed by atoms with Crippen molar-refractivity contribution in [3.63, 3.8) is 0 Å². The van der Waals surface area contributed by atoms with E-state index in [4.69, 9.17) is 0 Å².